The molecule has 4 unspecified atom stereocenters. The summed E-state index contributed by atoms with van der Waals surface area (Å²) in [7, 11) is 0. The maximum Gasteiger partial charge on any atom is 0.345 e. The van der Waals surface area contributed by atoms with Crippen molar-refractivity contribution in [1.82, 2.24) is 0 Å². The summed E-state index contributed by atoms with van der Waals surface area (Å²) >= 11 is 0. The highest BCUT2D eigenvalue weighted by atomic mass is 16.6. The first-order valence-electron chi connectivity index (χ1n) is 7.55. The molecule has 108 valence electrons. The molecule has 4 heteroatoms. The van der Waals surface area contributed by atoms with Gasteiger partial charge in [0.05, 0.1) is 5.92 Å². The molecule has 0 heterocycles. The number of ether oxygens (including phenoxy) is 1. The number of esters is 1. The molecule has 2 bridgehead atoms. The second kappa shape index (κ2) is 6.40. The number of carboxylic acids is 1. The molecule has 2 aliphatic carbocycles. The van der Waals surface area contributed by atoms with E-state index in [-0.39, 0.29) is 11.9 Å². The minimum absolute atomic E-state index is 0.0535. The van der Waals surface area contributed by atoms with Gasteiger partial charge < -0.3 is 9.84 Å². The third-order valence-electron chi connectivity index (χ3n) is 4.69. The van der Waals surface area contributed by atoms with Crippen molar-refractivity contribution < 1.29 is 19.4 Å². The van der Waals surface area contributed by atoms with Gasteiger partial charge in [0.25, 0.3) is 0 Å². The zero-order chi connectivity index (χ0) is 13.8. The molecule has 2 rings (SSSR count). The molecule has 19 heavy (non-hydrogen) atoms. The van der Waals surface area contributed by atoms with Crippen LogP contribution in [0.5, 0.6) is 0 Å². The van der Waals surface area contributed by atoms with Crippen LogP contribution in [0.3, 0.4) is 0 Å². The van der Waals surface area contributed by atoms with Crippen molar-refractivity contribution in [2.75, 3.05) is 0 Å². The summed E-state index contributed by atoms with van der Waals surface area (Å²) in [6.45, 7) is 2.00. The lowest BCUT2D eigenvalue weighted by atomic mass is 9.80. The van der Waals surface area contributed by atoms with E-state index < -0.39 is 12.1 Å². The molecule has 0 aliphatic heterocycles. The molecule has 0 saturated heterocycles. The Morgan fingerprint density at radius 3 is 2.68 bits per heavy atom. The molecular formula is C15H24O4. The second-order valence-corrected chi connectivity index (χ2v) is 6.03. The molecule has 0 radical (unpaired) electrons. The largest absolute Gasteiger partial charge is 0.479 e. The third kappa shape index (κ3) is 3.48. The topological polar surface area (TPSA) is 63.6 Å². The number of aliphatic carboxylic acids is 1. The van der Waals surface area contributed by atoms with Crippen LogP contribution in [-0.2, 0) is 14.3 Å². The Kier molecular flexibility index (Phi) is 4.83. The van der Waals surface area contributed by atoms with E-state index in [1.54, 1.807) is 0 Å². The maximum absolute atomic E-state index is 12.2. The van der Waals surface area contributed by atoms with E-state index in [1.807, 2.05) is 6.92 Å². The molecule has 0 aromatic carbocycles. The number of carbonyl (C=O) groups is 2. The Bertz CT molecular complexity index is 339. The van der Waals surface area contributed by atoms with Gasteiger partial charge in [-0.15, -0.1) is 0 Å². The monoisotopic (exact) mass is 268 g/mol. The smallest absolute Gasteiger partial charge is 0.345 e. The normalized spacial score (nSPS) is 30.9. The van der Waals surface area contributed by atoms with Crippen molar-refractivity contribution in [2.45, 2.75) is 64.4 Å². The van der Waals surface area contributed by atoms with Crippen molar-refractivity contribution in [2.24, 2.45) is 17.8 Å². The molecule has 2 saturated carbocycles. The van der Waals surface area contributed by atoms with Crippen molar-refractivity contribution >= 4 is 11.9 Å². The second-order valence-electron chi connectivity index (χ2n) is 6.03. The number of hydrogen-bond donors (Lipinski definition) is 1. The van der Waals surface area contributed by atoms with Gasteiger partial charge in [-0.05, 0) is 50.4 Å². The predicted octanol–water partition coefficient (Wildman–Crippen LogP) is 3.00. The summed E-state index contributed by atoms with van der Waals surface area (Å²) in [4.78, 5) is 23.3. The van der Waals surface area contributed by atoms with Crippen molar-refractivity contribution in [3.63, 3.8) is 0 Å². The van der Waals surface area contributed by atoms with Crippen LogP contribution in [0.1, 0.15) is 58.3 Å². The highest BCUT2D eigenvalue weighted by Gasteiger charge is 2.41. The van der Waals surface area contributed by atoms with Gasteiger partial charge in [0.1, 0.15) is 0 Å². The summed E-state index contributed by atoms with van der Waals surface area (Å²) in [5, 5.41) is 9.10. The first-order valence-corrected chi connectivity index (χ1v) is 7.55. The Labute approximate surface area is 114 Å². The van der Waals surface area contributed by atoms with E-state index in [0.29, 0.717) is 12.3 Å². The highest BCUT2D eigenvalue weighted by molar-refractivity contribution is 5.79. The van der Waals surface area contributed by atoms with Crippen molar-refractivity contribution in [3.05, 3.63) is 0 Å². The molecule has 0 amide bonds. The van der Waals surface area contributed by atoms with E-state index in [0.717, 1.165) is 44.4 Å². The lowest BCUT2D eigenvalue weighted by molar-refractivity contribution is -0.169. The number of unbranched alkanes of at least 4 members (excludes halogenated alkanes) is 1. The van der Waals surface area contributed by atoms with Crippen LogP contribution in [0.15, 0.2) is 0 Å². The number of carbonyl (C=O) groups excluding carboxylic acids is 1. The van der Waals surface area contributed by atoms with E-state index in [4.69, 9.17) is 9.84 Å². The zero-order valence-corrected chi connectivity index (χ0v) is 11.6. The van der Waals surface area contributed by atoms with Gasteiger partial charge in [0, 0.05) is 0 Å². The average Bonchev–Trinajstić information content (AvgIpc) is 2.75. The third-order valence-corrected chi connectivity index (χ3v) is 4.69. The van der Waals surface area contributed by atoms with Crippen LogP contribution in [0, 0.1) is 17.8 Å². The number of rotatable bonds is 6. The summed E-state index contributed by atoms with van der Waals surface area (Å²) < 4.78 is 5.27. The van der Waals surface area contributed by atoms with E-state index in [2.05, 4.69) is 0 Å². The first-order chi connectivity index (χ1) is 9.11. The minimum atomic E-state index is -1.01. The Hall–Kier alpha value is -1.06. The molecule has 2 aliphatic rings. The first kappa shape index (κ1) is 14.4. The van der Waals surface area contributed by atoms with Crippen LogP contribution in [0.25, 0.3) is 0 Å². The van der Waals surface area contributed by atoms with Crippen LogP contribution < -0.4 is 0 Å². The number of fused-ring (bicyclic) bond motifs is 2. The lowest BCUT2D eigenvalue weighted by Crippen LogP contribution is -2.34. The Morgan fingerprint density at radius 2 is 2.00 bits per heavy atom. The number of hydrogen-bond acceptors (Lipinski definition) is 3. The Morgan fingerprint density at radius 1 is 1.26 bits per heavy atom. The molecular weight excluding hydrogens is 244 g/mol. The molecule has 0 aromatic heterocycles. The Balaban J connectivity index is 1.89. The van der Waals surface area contributed by atoms with Gasteiger partial charge in [-0.2, -0.15) is 0 Å². The fraction of sp³-hybridized carbons (Fsp3) is 0.867. The highest BCUT2D eigenvalue weighted by Crippen LogP contribution is 2.45. The van der Waals surface area contributed by atoms with Crippen LogP contribution in [0.2, 0.25) is 0 Å². The van der Waals surface area contributed by atoms with Gasteiger partial charge in [-0.1, -0.05) is 19.8 Å². The summed E-state index contributed by atoms with van der Waals surface area (Å²) in [6, 6.07) is 0. The fourth-order valence-corrected chi connectivity index (χ4v) is 3.55. The maximum atomic E-state index is 12.2. The van der Waals surface area contributed by atoms with Crippen molar-refractivity contribution in [3.8, 4) is 0 Å². The predicted molar refractivity (Wildman–Crippen MR) is 70.6 cm³/mol. The summed E-state index contributed by atoms with van der Waals surface area (Å²) in [6.07, 6.45) is 6.62. The summed E-state index contributed by atoms with van der Waals surface area (Å²) in [5.74, 6) is -0.103. The van der Waals surface area contributed by atoms with Crippen molar-refractivity contribution in [1.29, 1.82) is 0 Å². The number of carboxylic acid groups (broad SMARTS) is 1. The molecule has 4 nitrogen and oxygen atoms in total. The van der Waals surface area contributed by atoms with Gasteiger partial charge in [0.2, 0.25) is 0 Å². The standard InChI is InChI=1S/C15H24O4/c1-2-3-4-13(14(16)17)19-15(18)12-8-6-10-5-7-11(12)9-10/h10-13H,2-9H2,1H3,(H,16,17). The van der Waals surface area contributed by atoms with Crippen LogP contribution in [-0.4, -0.2) is 23.1 Å². The molecule has 1 N–H and O–H groups in total. The van der Waals surface area contributed by atoms with E-state index in [9.17, 15) is 9.59 Å². The van der Waals surface area contributed by atoms with Gasteiger partial charge >= 0.3 is 11.9 Å². The lowest BCUT2D eigenvalue weighted by Gasteiger charge is -2.28. The van der Waals surface area contributed by atoms with Crippen LogP contribution in [0.4, 0.5) is 0 Å². The van der Waals surface area contributed by atoms with Gasteiger partial charge in [-0.3, -0.25) is 4.79 Å². The van der Waals surface area contributed by atoms with E-state index in [1.165, 1.54) is 6.42 Å². The fourth-order valence-electron chi connectivity index (χ4n) is 3.55. The zero-order valence-electron chi connectivity index (χ0n) is 11.6. The summed E-state index contributed by atoms with van der Waals surface area (Å²) in [5.41, 5.74) is 0. The van der Waals surface area contributed by atoms with Gasteiger partial charge in [-0.25, -0.2) is 4.79 Å². The van der Waals surface area contributed by atoms with Crippen LogP contribution >= 0.6 is 0 Å². The SMILES string of the molecule is CCCCC(OC(=O)C1CCC2CCC1C2)C(=O)O. The molecule has 0 spiro atoms. The van der Waals surface area contributed by atoms with Gasteiger partial charge in [0.15, 0.2) is 6.10 Å². The van der Waals surface area contributed by atoms with E-state index >= 15 is 0 Å². The average molecular weight is 268 g/mol. The molecule has 2 fully saturated rings. The minimum Gasteiger partial charge on any atom is -0.479 e. The quantitative estimate of drug-likeness (QED) is 0.752. The molecule has 0 aromatic rings. The molecule has 4 atom stereocenters.